The SMILES string of the molecule is Cc1nc(CN2CCN(C(/C=C(\N)c3ccccc3O)=C(N)N)CC2)co1.N=C(CN1CCN(C(/C=C(\N)c2ccccc2O)=C(N)N)CC1)c1ccccc1N. The fourth-order valence-corrected chi connectivity index (χ4v) is 6.68. The summed E-state index contributed by atoms with van der Waals surface area (Å²) < 4.78 is 5.26. The fourth-order valence-electron chi connectivity index (χ4n) is 6.68. The Kier molecular flexibility index (Phi) is 13.9. The van der Waals surface area contributed by atoms with Crippen LogP contribution in [0.15, 0.2) is 119 Å². The molecule has 3 aromatic carbocycles. The summed E-state index contributed by atoms with van der Waals surface area (Å²) >= 11 is 0. The molecule has 4 aromatic rings. The Morgan fingerprint density at radius 3 is 1.53 bits per heavy atom. The largest absolute Gasteiger partial charge is 0.507 e. The van der Waals surface area contributed by atoms with Gasteiger partial charge in [-0.05, 0) is 42.5 Å². The van der Waals surface area contributed by atoms with E-state index in [4.69, 9.17) is 50.0 Å². The molecule has 0 saturated carbocycles. The van der Waals surface area contributed by atoms with Crippen LogP contribution < -0.4 is 40.1 Å². The summed E-state index contributed by atoms with van der Waals surface area (Å²) in [6.45, 7) is 9.18. The van der Waals surface area contributed by atoms with Crippen LogP contribution in [0.2, 0.25) is 0 Å². The highest BCUT2D eigenvalue weighted by Crippen LogP contribution is 2.25. The van der Waals surface area contributed by atoms with E-state index in [2.05, 4.69) is 24.6 Å². The summed E-state index contributed by atoms with van der Waals surface area (Å²) in [5.41, 5.74) is 48.0. The van der Waals surface area contributed by atoms with Gasteiger partial charge >= 0.3 is 0 Å². The van der Waals surface area contributed by atoms with Crippen LogP contribution in [0.1, 0.15) is 28.3 Å². The number of para-hydroxylation sites is 3. The fraction of sp³-hybridized carbons (Fsp3) is 0.268. The monoisotopic (exact) mass is 777 g/mol. The molecule has 3 heterocycles. The highest BCUT2D eigenvalue weighted by atomic mass is 16.3. The molecule has 6 rings (SSSR count). The highest BCUT2D eigenvalue weighted by molar-refractivity contribution is 6.03. The summed E-state index contributed by atoms with van der Waals surface area (Å²) in [6, 6.07) is 21.2. The molecule has 0 radical (unpaired) electrons. The van der Waals surface area contributed by atoms with Crippen LogP contribution in [0.4, 0.5) is 5.69 Å². The molecule has 16 heteroatoms. The van der Waals surface area contributed by atoms with Gasteiger partial charge in [0.1, 0.15) is 29.4 Å². The number of aromatic hydroxyl groups is 2. The molecule has 0 bridgehead atoms. The molecule has 1 aromatic heterocycles. The van der Waals surface area contributed by atoms with Crippen molar-refractivity contribution in [3.8, 4) is 11.5 Å². The maximum atomic E-state index is 10.0. The second-order valence-corrected chi connectivity index (χ2v) is 13.9. The molecule has 0 spiro atoms. The first-order valence-corrected chi connectivity index (χ1v) is 18.6. The standard InChI is InChI=1S/C22H29N7O.C19H26N6O2/c23-17-7-3-1-5-15(17)19(25)14-28-9-11-29(12-10-28)20(22(26)27)13-18(24)16-6-2-4-8-21(16)30;1-13-23-14(12-27-13)11-24-6-8-25(9-7-24)17(19(21)22)10-16(20)15-4-2-3-5-18(15)26/h1-8,13,25,30H,9-12,14,23-24,26-27H2;2-5,10,12,26H,6-9,11,20-22H2,1H3/b18-13-,25-19?;16-10-. The van der Waals surface area contributed by atoms with Gasteiger partial charge in [-0.2, -0.15) is 0 Å². The van der Waals surface area contributed by atoms with Crippen molar-refractivity contribution in [3.63, 3.8) is 0 Å². The van der Waals surface area contributed by atoms with Gasteiger partial charge in [0.2, 0.25) is 0 Å². The van der Waals surface area contributed by atoms with Crippen molar-refractivity contribution in [2.45, 2.75) is 13.5 Å². The van der Waals surface area contributed by atoms with Gasteiger partial charge in [-0.15, -0.1) is 0 Å². The van der Waals surface area contributed by atoms with Crippen LogP contribution >= 0.6 is 0 Å². The summed E-state index contributed by atoms with van der Waals surface area (Å²) in [5.74, 6) is 1.27. The molecular weight excluding hydrogens is 723 g/mol. The number of nitrogens with one attached hydrogen (secondary N) is 1. The predicted molar refractivity (Wildman–Crippen MR) is 225 cm³/mol. The highest BCUT2D eigenvalue weighted by Gasteiger charge is 2.23. The third-order valence-electron chi connectivity index (χ3n) is 9.75. The molecule has 0 amide bonds. The molecule has 2 aliphatic heterocycles. The Morgan fingerprint density at radius 1 is 0.667 bits per heavy atom. The van der Waals surface area contributed by atoms with Crippen LogP contribution in [0.3, 0.4) is 0 Å². The van der Waals surface area contributed by atoms with E-state index >= 15 is 0 Å². The zero-order valence-corrected chi connectivity index (χ0v) is 32.3. The van der Waals surface area contributed by atoms with E-state index in [0.717, 1.165) is 57.1 Å². The third-order valence-corrected chi connectivity index (χ3v) is 9.75. The zero-order chi connectivity index (χ0) is 41.1. The van der Waals surface area contributed by atoms with Gasteiger partial charge in [-0.1, -0.05) is 42.5 Å². The lowest BCUT2D eigenvalue weighted by atomic mass is 10.1. The minimum atomic E-state index is 0.102. The van der Waals surface area contributed by atoms with Gasteiger partial charge in [0.05, 0.1) is 22.8 Å². The van der Waals surface area contributed by atoms with Crippen LogP contribution in [0, 0.1) is 12.3 Å². The third kappa shape index (κ3) is 11.1. The quantitative estimate of drug-likeness (QED) is 0.0592. The molecule has 57 heavy (non-hydrogen) atoms. The molecule has 2 aliphatic rings. The number of rotatable bonds is 11. The van der Waals surface area contributed by atoms with Crippen molar-refractivity contribution >= 4 is 22.8 Å². The van der Waals surface area contributed by atoms with Crippen molar-refractivity contribution < 1.29 is 14.6 Å². The molecule has 2 saturated heterocycles. The molecule has 17 N–H and O–H groups in total. The Balaban J connectivity index is 0.000000219. The second kappa shape index (κ2) is 19.2. The van der Waals surface area contributed by atoms with E-state index in [1.807, 2.05) is 37.3 Å². The maximum absolute atomic E-state index is 10.0. The summed E-state index contributed by atoms with van der Waals surface area (Å²) in [7, 11) is 0. The van der Waals surface area contributed by atoms with Crippen LogP contribution in [0.5, 0.6) is 11.5 Å². The van der Waals surface area contributed by atoms with Crippen molar-refractivity contribution in [3.05, 3.63) is 143 Å². The van der Waals surface area contributed by atoms with Crippen molar-refractivity contribution in [2.75, 3.05) is 64.6 Å². The number of nitrogens with two attached hydrogens (primary N) is 7. The lowest BCUT2D eigenvalue weighted by Crippen LogP contribution is -2.48. The topological polar surface area (TPSA) is 285 Å². The lowest BCUT2D eigenvalue weighted by Gasteiger charge is -2.37. The molecule has 16 nitrogen and oxygen atoms in total. The minimum absolute atomic E-state index is 0.102. The molecule has 0 atom stereocenters. The first kappa shape index (κ1) is 41.4. The smallest absolute Gasteiger partial charge is 0.191 e. The number of hydrogen-bond donors (Lipinski definition) is 10. The molecule has 0 aliphatic carbocycles. The van der Waals surface area contributed by atoms with Crippen LogP contribution in [-0.2, 0) is 6.54 Å². The van der Waals surface area contributed by atoms with E-state index in [-0.39, 0.29) is 23.1 Å². The number of phenolic OH excluding ortho intramolecular Hbond substituents is 2. The Bertz CT molecular complexity index is 2120. The first-order chi connectivity index (χ1) is 27.3. The Morgan fingerprint density at radius 2 is 1.11 bits per heavy atom. The number of hydrogen-bond acceptors (Lipinski definition) is 16. The number of nitrogens with zero attached hydrogens (tertiary/aromatic N) is 5. The predicted octanol–water partition coefficient (Wildman–Crippen LogP) is 1.94. The number of benzene rings is 3. The van der Waals surface area contributed by atoms with Crippen LogP contribution in [-0.4, -0.2) is 99.4 Å². The van der Waals surface area contributed by atoms with Gasteiger partial charge in [0, 0.05) is 106 Å². The Hall–Kier alpha value is -6.78. The number of allylic oxidation sites excluding steroid dienone is 2. The number of oxazole rings is 1. The summed E-state index contributed by atoms with van der Waals surface area (Å²) in [5, 5.41) is 28.4. The van der Waals surface area contributed by atoms with Gasteiger partial charge in [0.15, 0.2) is 5.89 Å². The van der Waals surface area contributed by atoms with Crippen molar-refractivity contribution in [2.24, 2.45) is 34.4 Å². The summed E-state index contributed by atoms with van der Waals surface area (Å²) in [6.07, 6.45) is 5.12. The number of piperazine rings is 2. The number of nitrogen functional groups attached to an aromatic ring is 1. The van der Waals surface area contributed by atoms with Gasteiger partial charge in [-0.25, -0.2) is 4.98 Å². The average molecular weight is 778 g/mol. The van der Waals surface area contributed by atoms with E-state index < -0.39 is 0 Å². The van der Waals surface area contributed by atoms with E-state index in [1.165, 1.54) is 0 Å². The maximum Gasteiger partial charge on any atom is 0.191 e. The van der Waals surface area contributed by atoms with Gasteiger partial charge in [-0.3, -0.25) is 9.80 Å². The van der Waals surface area contributed by atoms with E-state index in [9.17, 15) is 10.2 Å². The van der Waals surface area contributed by atoms with Gasteiger partial charge < -0.3 is 70.0 Å². The second-order valence-electron chi connectivity index (χ2n) is 13.9. The molecule has 0 unspecified atom stereocenters. The number of aromatic nitrogens is 1. The average Bonchev–Trinajstić information content (AvgIpc) is 3.61. The number of anilines is 1. The van der Waals surface area contributed by atoms with E-state index in [1.54, 1.807) is 60.9 Å². The Labute approximate surface area is 333 Å². The van der Waals surface area contributed by atoms with Gasteiger partial charge in [0.25, 0.3) is 0 Å². The zero-order valence-electron chi connectivity index (χ0n) is 32.3. The van der Waals surface area contributed by atoms with Crippen molar-refractivity contribution in [1.82, 2.24) is 24.6 Å². The minimum Gasteiger partial charge on any atom is -0.507 e. The first-order valence-electron chi connectivity index (χ1n) is 18.6. The molecule has 2 fully saturated rings. The number of aryl methyl sites for hydroxylation is 1. The van der Waals surface area contributed by atoms with Crippen molar-refractivity contribution in [1.29, 1.82) is 5.41 Å². The molecule has 302 valence electrons. The number of phenols is 2. The summed E-state index contributed by atoms with van der Waals surface area (Å²) in [4.78, 5) is 13.0. The van der Waals surface area contributed by atoms with Crippen LogP contribution in [0.25, 0.3) is 11.4 Å². The lowest BCUT2D eigenvalue weighted by molar-refractivity contribution is 0.153. The normalized spacial score (nSPS) is 15.4. The molecular formula is C41H55N13O3. The van der Waals surface area contributed by atoms with E-state index in [0.29, 0.717) is 70.8 Å².